The van der Waals surface area contributed by atoms with Crippen molar-refractivity contribution in [3.05, 3.63) is 105 Å². The van der Waals surface area contributed by atoms with Crippen molar-refractivity contribution in [1.82, 2.24) is 18.8 Å². The summed E-state index contributed by atoms with van der Waals surface area (Å²) < 4.78 is 6.31. The molecule has 0 fully saturated rings. The Morgan fingerprint density at radius 3 is 1.70 bits per heavy atom. The van der Waals surface area contributed by atoms with Crippen molar-refractivity contribution < 1.29 is 0 Å². The Bertz CT molecular complexity index is 1180. The SMILES string of the molecule is Brc1ccc2ncc(C(c3ccccc3)c3cnc4ccc(Br)cn34)n2c1. The van der Waals surface area contributed by atoms with Crippen LogP contribution in [0, 0.1) is 0 Å². The lowest BCUT2D eigenvalue weighted by atomic mass is 9.93. The fraction of sp³-hybridized carbons (Fsp3) is 0.0476. The average molecular weight is 482 g/mol. The topological polar surface area (TPSA) is 34.6 Å². The van der Waals surface area contributed by atoms with Crippen molar-refractivity contribution in [3.63, 3.8) is 0 Å². The van der Waals surface area contributed by atoms with Crippen LogP contribution in [0.1, 0.15) is 22.9 Å². The molecule has 1 aromatic carbocycles. The third kappa shape index (κ3) is 2.89. The van der Waals surface area contributed by atoms with Crippen molar-refractivity contribution in [2.24, 2.45) is 0 Å². The fourth-order valence-electron chi connectivity index (χ4n) is 3.51. The molecule has 5 rings (SSSR count). The summed E-state index contributed by atoms with van der Waals surface area (Å²) in [7, 11) is 0. The van der Waals surface area contributed by atoms with Crippen LogP contribution in [-0.4, -0.2) is 18.8 Å². The minimum absolute atomic E-state index is 0.000185. The summed E-state index contributed by atoms with van der Waals surface area (Å²) in [4.78, 5) is 9.23. The lowest BCUT2D eigenvalue weighted by molar-refractivity contribution is 0.844. The molecular formula is C21H14Br2N4. The Balaban J connectivity index is 1.81. The fourth-order valence-corrected chi connectivity index (χ4v) is 4.19. The second kappa shape index (κ2) is 6.62. The summed E-state index contributed by atoms with van der Waals surface area (Å²) in [6.45, 7) is 0. The van der Waals surface area contributed by atoms with E-state index in [0.29, 0.717) is 0 Å². The van der Waals surface area contributed by atoms with Gasteiger partial charge in [-0.3, -0.25) is 0 Å². The van der Waals surface area contributed by atoms with Gasteiger partial charge in [0.15, 0.2) is 0 Å². The minimum Gasteiger partial charge on any atom is -0.302 e. The number of hydrogen-bond donors (Lipinski definition) is 0. The first-order chi connectivity index (χ1) is 13.2. The molecule has 6 heteroatoms. The summed E-state index contributed by atoms with van der Waals surface area (Å²) in [5.74, 6) is -0.000185. The first kappa shape index (κ1) is 16.7. The molecule has 4 nitrogen and oxygen atoms in total. The van der Waals surface area contributed by atoms with Gasteiger partial charge < -0.3 is 8.80 Å². The lowest BCUT2D eigenvalue weighted by Crippen LogP contribution is -2.09. The van der Waals surface area contributed by atoms with Gasteiger partial charge in [0.25, 0.3) is 0 Å². The number of pyridine rings is 2. The van der Waals surface area contributed by atoms with Gasteiger partial charge in [0.1, 0.15) is 11.3 Å². The van der Waals surface area contributed by atoms with Gasteiger partial charge in [0, 0.05) is 21.3 Å². The molecule has 27 heavy (non-hydrogen) atoms. The van der Waals surface area contributed by atoms with Crippen molar-refractivity contribution in [1.29, 1.82) is 0 Å². The van der Waals surface area contributed by atoms with Crippen LogP contribution in [0.3, 0.4) is 0 Å². The van der Waals surface area contributed by atoms with E-state index in [1.54, 1.807) is 0 Å². The highest BCUT2D eigenvalue weighted by Gasteiger charge is 2.24. The van der Waals surface area contributed by atoms with Gasteiger partial charge in [-0.1, -0.05) is 30.3 Å². The molecule has 0 aliphatic heterocycles. The Morgan fingerprint density at radius 1 is 0.667 bits per heavy atom. The molecule has 0 amide bonds. The number of aromatic nitrogens is 4. The predicted molar refractivity (Wildman–Crippen MR) is 113 cm³/mol. The minimum atomic E-state index is -0.000185. The highest BCUT2D eigenvalue weighted by atomic mass is 79.9. The summed E-state index contributed by atoms with van der Waals surface area (Å²) in [5.41, 5.74) is 5.23. The van der Waals surface area contributed by atoms with E-state index in [-0.39, 0.29) is 5.92 Å². The molecule has 0 bridgehead atoms. The molecule has 132 valence electrons. The molecule has 4 heterocycles. The molecule has 0 N–H and O–H groups in total. The van der Waals surface area contributed by atoms with Gasteiger partial charge in [-0.2, -0.15) is 0 Å². The molecular weight excluding hydrogens is 468 g/mol. The first-order valence-electron chi connectivity index (χ1n) is 8.51. The van der Waals surface area contributed by atoms with Crippen LogP contribution in [0.25, 0.3) is 11.3 Å². The van der Waals surface area contributed by atoms with Gasteiger partial charge >= 0.3 is 0 Å². The van der Waals surface area contributed by atoms with Crippen molar-refractivity contribution >= 4 is 43.2 Å². The van der Waals surface area contributed by atoms with Gasteiger partial charge in [-0.05, 0) is 61.7 Å². The van der Waals surface area contributed by atoms with Gasteiger partial charge in [-0.15, -0.1) is 0 Å². The van der Waals surface area contributed by atoms with Gasteiger partial charge in [0.2, 0.25) is 0 Å². The largest absolute Gasteiger partial charge is 0.302 e. The molecule has 5 aromatic rings. The van der Waals surface area contributed by atoms with Crippen LogP contribution < -0.4 is 0 Å². The van der Waals surface area contributed by atoms with Crippen LogP contribution in [-0.2, 0) is 0 Å². The number of benzene rings is 1. The standard InChI is InChI=1S/C21H14Br2N4/c22-15-6-8-19-24-10-17(26(19)12-15)21(14-4-2-1-3-5-14)18-11-25-20-9-7-16(23)13-27(18)20/h1-13,21H. The van der Waals surface area contributed by atoms with Crippen LogP contribution >= 0.6 is 31.9 Å². The molecule has 0 unspecified atom stereocenters. The number of halogens is 2. The molecule has 0 aliphatic carbocycles. The molecule has 4 aromatic heterocycles. The maximum absolute atomic E-state index is 4.62. The number of nitrogens with zero attached hydrogens (tertiary/aromatic N) is 4. The Labute approximate surface area is 172 Å². The van der Waals surface area contributed by atoms with Crippen molar-refractivity contribution in [2.45, 2.75) is 5.92 Å². The predicted octanol–water partition coefficient (Wildman–Crippen LogP) is 5.69. The zero-order chi connectivity index (χ0) is 18.4. The Kier molecular flexibility index (Phi) is 4.10. The zero-order valence-corrected chi connectivity index (χ0v) is 17.3. The Morgan fingerprint density at radius 2 is 1.19 bits per heavy atom. The highest BCUT2D eigenvalue weighted by Crippen LogP contribution is 2.33. The normalized spacial score (nSPS) is 11.7. The zero-order valence-electron chi connectivity index (χ0n) is 14.1. The summed E-state index contributed by atoms with van der Waals surface area (Å²) >= 11 is 7.16. The van der Waals surface area contributed by atoms with E-state index in [0.717, 1.165) is 31.6 Å². The van der Waals surface area contributed by atoms with Crippen LogP contribution in [0.4, 0.5) is 0 Å². The number of hydrogen-bond acceptors (Lipinski definition) is 2. The smallest absolute Gasteiger partial charge is 0.136 e. The number of fused-ring (bicyclic) bond motifs is 2. The third-order valence-electron chi connectivity index (χ3n) is 4.72. The van der Waals surface area contributed by atoms with E-state index < -0.39 is 0 Å². The molecule has 0 saturated heterocycles. The van der Waals surface area contributed by atoms with Crippen molar-refractivity contribution in [2.75, 3.05) is 0 Å². The molecule has 0 radical (unpaired) electrons. The molecule has 0 atom stereocenters. The third-order valence-corrected chi connectivity index (χ3v) is 5.66. The maximum atomic E-state index is 4.62. The van der Waals surface area contributed by atoms with Gasteiger partial charge in [0.05, 0.1) is 29.7 Å². The van der Waals surface area contributed by atoms with E-state index in [1.165, 1.54) is 5.56 Å². The highest BCUT2D eigenvalue weighted by molar-refractivity contribution is 9.10. The van der Waals surface area contributed by atoms with E-state index in [1.807, 2.05) is 42.7 Å². The van der Waals surface area contributed by atoms with Crippen LogP contribution in [0.5, 0.6) is 0 Å². The molecule has 0 aliphatic rings. The lowest BCUT2D eigenvalue weighted by Gasteiger charge is -2.18. The van der Waals surface area contributed by atoms with E-state index in [9.17, 15) is 0 Å². The quantitative estimate of drug-likeness (QED) is 0.332. The van der Waals surface area contributed by atoms with Crippen LogP contribution in [0.15, 0.2) is 88.3 Å². The van der Waals surface area contributed by atoms with E-state index in [2.05, 4.69) is 87.3 Å². The summed E-state index contributed by atoms with van der Waals surface area (Å²) in [6, 6.07) is 18.5. The Hall–Kier alpha value is -2.44. The summed E-state index contributed by atoms with van der Waals surface area (Å²) in [5, 5.41) is 0. The van der Waals surface area contributed by atoms with Crippen molar-refractivity contribution in [3.8, 4) is 0 Å². The monoisotopic (exact) mass is 480 g/mol. The first-order valence-corrected chi connectivity index (χ1v) is 10.1. The maximum Gasteiger partial charge on any atom is 0.136 e. The summed E-state index contributed by atoms with van der Waals surface area (Å²) in [6.07, 6.45) is 8.03. The second-order valence-electron chi connectivity index (χ2n) is 6.36. The van der Waals surface area contributed by atoms with E-state index in [4.69, 9.17) is 0 Å². The molecule has 0 spiro atoms. The second-order valence-corrected chi connectivity index (χ2v) is 8.19. The number of rotatable bonds is 3. The number of imidazole rings is 2. The van der Waals surface area contributed by atoms with E-state index >= 15 is 0 Å². The molecule has 0 saturated carbocycles. The van der Waals surface area contributed by atoms with Crippen LogP contribution in [0.2, 0.25) is 0 Å². The average Bonchev–Trinajstić information content (AvgIpc) is 3.28. The van der Waals surface area contributed by atoms with Gasteiger partial charge in [-0.25, -0.2) is 9.97 Å².